The summed E-state index contributed by atoms with van der Waals surface area (Å²) in [6.07, 6.45) is 1.94. The minimum absolute atomic E-state index is 0.207. The summed E-state index contributed by atoms with van der Waals surface area (Å²) < 4.78 is 10.5. The maximum absolute atomic E-state index is 12.1. The molecular formula is C19H17NO3. The van der Waals surface area contributed by atoms with Gasteiger partial charge in [-0.25, -0.2) is 0 Å². The normalized spacial score (nSPS) is 10.5. The van der Waals surface area contributed by atoms with Gasteiger partial charge in [-0.3, -0.25) is 9.78 Å². The quantitative estimate of drug-likeness (QED) is 0.677. The molecule has 4 nitrogen and oxygen atoms in total. The number of rotatable bonds is 5. The van der Waals surface area contributed by atoms with Crippen molar-refractivity contribution in [2.45, 2.75) is 13.0 Å². The molecule has 4 heteroatoms. The van der Waals surface area contributed by atoms with Crippen LogP contribution in [-0.4, -0.2) is 18.1 Å². The first-order valence-corrected chi connectivity index (χ1v) is 7.37. The van der Waals surface area contributed by atoms with Gasteiger partial charge in [-0.15, -0.1) is 0 Å². The number of nitrogens with zero attached hydrogens (tertiary/aromatic N) is 1. The number of pyridine rings is 1. The highest BCUT2D eigenvalue weighted by molar-refractivity contribution is 5.85. The molecule has 116 valence electrons. The average Bonchev–Trinajstić information content (AvgIpc) is 2.60. The van der Waals surface area contributed by atoms with Crippen LogP contribution in [0.25, 0.3) is 10.9 Å². The van der Waals surface area contributed by atoms with E-state index in [2.05, 4.69) is 4.98 Å². The molecule has 2 aromatic carbocycles. The van der Waals surface area contributed by atoms with E-state index in [0.717, 1.165) is 27.8 Å². The van der Waals surface area contributed by atoms with Gasteiger partial charge in [0.15, 0.2) is 0 Å². The molecule has 0 spiro atoms. The van der Waals surface area contributed by atoms with E-state index in [0.29, 0.717) is 0 Å². The predicted molar refractivity (Wildman–Crippen MR) is 88.2 cm³/mol. The monoisotopic (exact) mass is 307 g/mol. The Hall–Kier alpha value is -2.88. The molecule has 1 aromatic heterocycles. The molecule has 0 atom stereocenters. The van der Waals surface area contributed by atoms with Crippen LogP contribution < -0.4 is 4.74 Å². The van der Waals surface area contributed by atoms with Gasteiger partial charge in [0.25, 0.3) is 0 Å². The SMILES string of the molecule is COc1cccc(COC(=O)Cc2cccc3cccnc23)c1. The second-order valence-corrected chi connectivity index (χ2v) is 5.18. The lowest BCUT2D eigenvalue weighted by Gasteiger charge is -2.08. The summed E-state index contributed by atoms with van der Waals surface area (Å²) in [6, 6.07) is 17.1. The van der Waals surface area contributed by atoms with Crippen LogP contribution >= 0.6 is 0 Å². The average molecular weight is 307 g/mol. The van der Waals surface area contributed by atoms with Crippen molar-refractivity contribution in [1.29, 1.82) is 0 Å². The highest BCUT2D eigenvalue weighted by atomic mass is 16.5. The molecule has 1 heterocycles. The zero-order valence-corrected chi connectivity index (χ0v) is 12.9. The number of hydrogen-bond donors (Lipinski definition) is 0. The number of hydrogen-bond acceptors (Lipinski definition) is 4. The number of fused-ring (bicyclic) bond motifs is 1. The van der Waals surface area contributed by atoms with E-state index < -0.39 is 0 Å². The third-order valence-electron chi connectivity index (χ3n) is 3.59. The Bertz CT molecular complexity index is 824. The Morgan fingerprint density at radius 3 is 2.78 bits per heavy atom. The van der Waals surface area contributed by atoms with Crippen molar-refractivity contribution in [3.05, 3.63) is 71.9 Å². The number of para-hydroxylation sites is 1. The van der Waals surface area contributed by atoms with Crippen LogP contribution in [0.15, 0.2) is 60.8 Å². The summed E-state index contributed by atoms with van der Waals surface area (Å²) in [5.41, 5.74) is 2.61. The van der Waals surface area contributed by atoms with E-state index in [1.807, 2.05) is 54.6 Å². The fourth-order valence-corrected chi connectivity index (χ4v) is 2.44. The summed E-state index contributed by atoms with van der Waals surface area (Å²) in [6.45, 7) is 0.230. The Labute approximate surface area is 134 Å². The van der Waals surface area contributed by atoms with Crippen LogP contribution in [-0.2, 0) is 22.6 Å². The third-order valence-corrected chi connectivity index (χ3v) is 3.59. The number of benzene rings is 2. The van der Waals surface area contributed by atoms with Gasteiger partial charge >= 0.3 is 5.97 Å². The molecule has 23 heavy (non-hydrogen) atoms. The Balaban J connectivity index is 1.67. The fourth-order valence-electron chi connectivity index (χ4n) is 2.44. The van der Waals surface area contributed by atoms with Crippen molar-refractivity contribution in [1.82, 2.24) is 4.98 Å². The van der Waals surface area contributed by atoms with Crippen LogP contribution in [0.4, 0.5) is 0 Å². The molecule has 0 aliphatic heterocycles. The highest BCUT2D eigenvalue weighted by Gasteiger charge is 2.09. The maximum Gasteiger partial charge on any atom is 0.310 e. The standard InChI is InChI=1S/C19H17NO3/c1-22-17-9-2-5-14(11-17)13-23-18(21)12-16-7-3-6-15-8-4-10-20-19(15)16/h2-11H,12-13H2,1H3. The molecule has 0 bridgehead atoms. The molecule has 0 amide bonds. The summed E-state index contributed by atoms with van der Waals surface area (Å²) in [5, 5.41) is 1.02. The summed E-state index contributed by atoms with van der Waals surface area (Å²) in [4.78, 5) is 16.5. The van der Waals surface area contributed by atoms with Crippen molar-refractivity contribution in [2.75, 3.05) is 7.11 Å². The van der Waals surface area contributed by atoms with Gasteiger partial charge in [0, 0.05) is 11.6 Å². The number of esters is 1. The molecule has 0 aliphatic rings. The molecule has 0 unspecified atom stereocenters. The Morgan fingerprint density at radius 1 is 1.09 bits per heavy atom. The molecule has 0 N–H and O–H groups in total. The number of ether oxygens (including phenoxy) is 2. The van der Waals surface area contributed by atoms with E-state index in [-0.39, 0.29) is 19.0 Å². The molecule has 0 aliphatic carbocycles. The molecule has 0 fully saturated rings. The largest absolute Gasteiger partial charge is 0.497 e. The fraction of sp³-hybridized carbons (Fsp3) is 0.158. The summed E-state index contributed by atoms with van der Waals surface area (Å²) >= 11 is 0. The van der Waals surface area contributed by atoms with Crippen LogP contribution in [0.1, 0.15) is 11.1 Å². The van der Waals surface area contributed by atoms with Crippen LogP contribution in [0.2, 0.25) is 0 Å². The van der Waals surface area contributed by atoms with Crippen molar-refractivity contribution >= 4 is 16.9 Å². The molecule has 0 saturated carbocycles. The molecule has 0 saturated heterocycles. The maximum atomic E-state index is 12.1. The lowest BCUT2D eigenvalue weighted by molar-refractivity contribution is -0.144. The first-order chi connectivity index (χ1) is 11.3. The molecular weight excluding hydrogens is 290 g/mol. The first kappa shape index (κ1) is 15.0. The second-order valence-electron chi connectivity index (χ2n) is 5.18. The highest BCUT2D eigenvalue weighted by Crippen LogP contribution is 2.17. The van der Waals surface area contributed by atoms with Crippen LogP contribution in [0, 0.1) is 0 Å². The van der Waals surface area contributed by atoms with E-state index in [1.54, 1.807) is 13.3 Å². The number of aromatic nitrogens is 1. The van der Waals surface area contributed by atoms with E-state index >= 15 is 0 Å². The predicted octanol–water partition coefficient (Wildman–Crippen LogP) is 3.53. The van der Waals surface area contributed by atoms with E-state index in [4.69, 9.17) is 9.47 Å². The summed E-state index contributed by atoms with van der Waals surface area (Å²) in [5.74, 6) is 0.475. The molecule has 3 rings (SSSR count). The number of carbonyl (C=O) groups is 1. The molecule has 3 aromatic rings. The smallest absolute Gasteiger partial charge is 0.310 e. The lowest BCUT2D eigenvalue weighted by Crippen LogP contribution is -2.08. The zero-order valence-electron chi connectivity index (χ0n) is 12.9. The second kappa shape index (κ2) is 6.92. The van der Waals surface area contributed by atoms with Crippen LogP contribution in [0.3, 0.4) is 0 Å². The molecule has 0 radical (unpaired) electrons. The van der Waals surface area contributed by atoms with Crippen molar-refractivity contribution < 1.29 is 14.3 Å². The topological polar surface area (TPSA) is 48.4 Å². The van der Waals surface area contributed by atoms with Gasteiger partial charge in [0.05, 0.1) is 19.0 Å². The van der Waals surface area contributed by atoms with Gasteiger partial charge in [-0.1, -0.05) is 36.4 Å². The van der Waals surface area contributed by atoms with Crippen molar-refractivity contribution in [3.63, 3.8) is 0 Å². The van der Waals surface area contributed by atoms with Crippen LogP contribution in [0.5, 0.6) is 5.75 Å². The van der Waals surface area contributed by atoms with E-state index in [1.165, 1.54) is 0 Å². The van der Waals surface area contributed by atoms with Crippen molar-refractivity contribution in [3.8, 4) is 5.75 Å². The third kappa shape index (κ3) is 3.66. The number of methoxy groups -OCH3 is 1. The summed E-state index contributed by atoms with van der Waals surface area (Å²) in [7, 11) is 1.61. The Morgan fingerprint density at radius 2 is 1.91 bits per heavy atom. The minimum Gasteiger partial charge on any atom is -0.497 e. The van der Waals surface area contributed by atoms with Gasteiger partial charge in [-0.2, -0.15) is 0 Å². The Kier molecular flexibility index (Phi) is 4.52. The van der Waals surface area contributed by atoms with Gasteiger partial charge < -0.3 is 9.47 Å². The lowest BCUT2D eigenvalue weighted by atomic mass is 10.1. The van der Waals surface area contributed by atoms with E-state index in [9.17, 15) is 4.79 Å². The first-order valence-electron chi connectivity index (χ1n) is 7.37. The zero-order chi connectivity index (χ0) is 16.1. The van der Waals surface area contributed by atoms with Crippen molar-refractivity contribution in [2.24, 2.45) is 0 Å². The van der Waals surface area contributed by atoms with Gasteiger partial charge in [-0.05, 0) is 29.3 Å². The van der Waals surface area contributed by atoms with Gasteiger partial charge in [0.1, 0.15) is 12.4 Å². The minimum atomic E-state index is -0.272. The number of carbonyl (C=O) groups excluding carboxylic acids is 1. The van der Waals surface area contributed by atoms with Gasteiger partial charge in [0.2, 0.25) is 0 Å².